The molecule has 0 spiro atoms. The maximum absolute atomic E-state index is 12.6. The first-order valence-electron chi connectivity index (χ1n) is 44.8. The lowest BCUT2D eigenvalue weighted by Gasteiger charge is -2.15. The Morgan fingerprint density at radius 2 is 0.581 bits per heavy atom. The summed E-state index contributed by atoms with van der Waals surface area (Å²) in [6, 6.07) is 68.7. The third kappa shape index (κ3) is 28.6. The van der Waals surface area contributed by atoms with Crippen LogP contribution in [-0.4, -0.2) is 89.0 Å². The minimum absolute atomic E-state index is 0.0919. The summed E-state index contributed by atoms with van der Waals surface area (Å²) in [5, 5.41) is 17.5. The van der Waals surface area contributed by atoms with Gasteiger partial charge < -0.3 is 20.7 Å². The Bertz CT molecular complexity index is 6780. The molecule has 0 aliphatic heterocycles. The third-order valence-electron chi connectivity index (χ3n) is 24.1. The van der Waals surface area contributed by atoms with Crippen LogP contribution in [0.1, 0.15) is 212 Å². The third-order valence-corrected chi connectivity index (χ3v) is 32.5. The summed E-state index contributed by atoms with van der Waals surface area (Å²) in [5.74, 6) is -1.63. The molecule has 0 saturated heterocycles. The van der Waals surface area contributed by atoms with E-state index < -0.39 is 62.7 Å². The van der Waals surface area contributed by atoms with Crippen molar-refractivity contribution in [3.05, 3.63) is 381 Å². The molecule has 712 valence electrons. The number of carboxylic acids is 1. The first kappa shape index (κ1) is 104. The van der Waals surface area contributed by atoms with Gasteiger partial charge in [0.1, 0.15) is 6.61 Å². The standard InChI is InChI=1S/C21H23NO4S.C21H23NO3S.C20H21NO4S.C19H19NO4S.C16H16BrNO2S.C9H10BrN/c1-3-26-21(23)13-7-16-6-11-19-17(14-16)8-12-20(19)22-27(24,25)18-9-4-15(2)5-10-18;1-3-18(23)9-6-16-7-12-20-17(14-16)8-13-21(20)22-26(24,25)19-10-4-15(2)5-11-19;1-14-2-8-18(9-3-14)26(24,25)21-20-11-6-16-12-15(5-10-19(16)20)4-7-17(23)13-22;1-13-2-7-16(8-3-13)25(23,24)20-18-10-6-15-12-14(4-9-17(15)18)5-11-19(21)22;1-11-2-6-14(7-3-11)21(19,20)18-16-9-4-12-10-13(17)5-8-15(12)16;10-7-2-3-8-6(5-7)1-4-9(8)11/h4-7,9-11,13-14,20,22H,3,8,12H2,1-2H3;4-7,9-12,14,21-22H,3,8,13H2,1-2H3;2-5,7-10,12,20-22H,6,11,13H2,1H3;2-5,7-9,11-12,18,20H,6,10H2,1H3,(H,21,22);2-3,5-8,10,16,18H,4,9H2,1H3;2-3,5,9H,1,4,11H2/b13-7+;9-6+;7-4+;11-5+;;. The Morgan fingerprint density at radius 3 is 0.853 bits per heavy atom. The zero-order valence-electron chi connectivity index (χ0n) is 76.5. The number of esters is 1. The minimum atomic E-state index is -3.58. The van der Waals surface area contributed by atoms with Crippen LogP contribution >= 0.6 is 31.9 Å². The molecule has 11 aromatic rings. The SMILES string of the molecule is CCC(=O)/C=C/c1ccc2c(c1)CCC2NS(=O)(=O)c1ccc(C)cc1.CCOC(=O)/C=C/c1ccc2c(c1)CCC2NS(=O)(=O)c1ccc(C)cc1.Cc1ccc(S(=O)(=O)NC2CCc3cc(/C=C/C(=O)CO)ccc32)cc1.Cc1ccc(S(=O)(=O)NC2CCc3cc(/C=C/C(=O)O)ccc32)cc1.Cc1ccc(S(=O)(=O)NC2CCc3cc(Br)ccc32)cc1.NC1CCc2cc(Br)ccc21. The van der Waals surface area contributed by atoms with E-state index in [-0.39, 0.29) is 73.4 Å². The molecule has 9 N–H and O–H groups in total. The van der Waals surface area contributed by atoms with E-state index in [1.807, 2.05) is 139 Å². The summed E-state index contributed by atoms with van der Waals surface area (Å²) in [7, 11) is -17.7. The topological polar surface area (TPSA) is 375 Å². The Kier molecular flexibility index (Phi) is 35.9. The second-order valence-corrected chi connectivity index (χ2v) is 44.6. The summed E-state index contributed by atoms with van der Waals surface area (Å²) < 4.78 is 147. The minimum Gasteiger partial charge on any atom is -0.478 e. The fraction of sp³-hybridized carbons (Fsp3) is 0.264. The largest absolute Gasteiger partial charge is 0.478 e. The van der Waals surface area contributed by atoms with Crippen LogP contribution in [-0.2, 0) is 113 Å². The van der Waals surface area contributed by atoms with Crippen molar-refractivity contribution in [2.45, 2.75) is 193 Å². The Hall–Kier alpha value is -10.9. The van der Waals surface area contributed by atoms with Crippen LogP contribution in [0.25, 0.3) is 24.3 Å². The van der Waals surface area contributed by atoms with Crippen molar-refractivity contribution in [1.82, 2.24) is 23.6 Å². The number of rotatable bonds is 26. The van der Waals surface area contributed by atoms with Gasteiger partial charge >= 0.3 is 11.9 Å². The lowest BCUT2D eigenvalue weighted by molar-refractivity contribution is -0.137. The number of hydrogen-bond donors (Lipinski definition) is 8. The van der Waals surface area contributed by atoms with Crippen molar-refractivity contribution in [3.63, 3.8) is 0 Å². The highest BCUT2D eigenvalue weighted by molar-refractivity contribution is 9.10. The molecule has 0 saturated carbocycles. The maximum atomic E-state index is 12.6. The highest BCUT2D eigenvalue weighted by atomic mass is 79.9. The molecule has 6 atom stereocenters. The second kappa shape index (κ2) is 47.0. The number of aliphatic hydroxyl groups excluding tert-OH is 1. The summed E-state index contributed by atoms with van der Waals surface area (Å²) in [4.78, 5) is 46.0. The van der Waals surface area contributed by atoms with Crippen molar-refractivity contribution >= 4 is 130 Å². The van der Waals surface area contributed by atoms with Gasteiger partial charge in [-0.2, -0.15) is 0 Å². The molecule has 136 heavy (non-hydrogen) atoms. The number of carbonyl (C=O) groups excluding carboxylic acids is 3. The van der Waals surface area contributed by atoms with Crippen molar-refractivity contribution in [1.29, 1.82) is 0 Å². The number of aryl methyl sites for hydroxylation is 11. The van der Waals surface area contributed by atoms with E-state index in [0.717, 1.165) is 173 Å². The lowest BCUT2D eigenvalue weighted by Crippen LogP contribution is -2.27. The average Bonchev–Trinajstić information content (AvgIpc) is 1.66. The molecule has 0 bridgehead atoms. The van der Waals surface area contributed by atoms with Gasteiger partial charge in [0.25, 0.3) is 0 Å². The molecular formula is C106H112Br2N6O17S5. The number of halogens is 2. The van der Waals surface area contributed by atoms with Gasteiger partial charge in [-0.15, -0.1) is 0 Å². The van der Waals surface area contributed by atoms with E-state index in [2.05, 4.69) is 79.7 Å². The van der Waals surface area contributed by atoms with E-state index in [0.29, 0.717) is 37.2 Å². The van der Waals surface area contributed by atoms with Crippen molar-refractivity contribution < 1.29 is 76.2 Å². The molecule has 0 amide bonds. The van der Waals surface area contributed by atoms with Gasteiger partial charge in [-0.3, -0.25) is 9.59 Å². The van der Waals surface area contributed by atoms with Gasteiger partial charge in [0.15, 0.2) is 11.6 Å². The van der Waals surface area contributed by atoms with E-state index in [4.69, 9.17) is 20.7 Å². The van der Waals surface area contributed by atoms with Gasteiger partial charge in [0.05, 0.1) is 31.1 Å². The zero-order valence-corrected chi connectivity index (χ0v) is 83.8. The highest BCUT2D eigenvalue weighted by Gasteiger charge is 2.34. The Balaban J connectivity index is 0.000000149. The number of allylic oxidation sites excluding steroid dienone is 1. The van der Waals surface area contributed by atoms with Gasteiger partial charge in [-0.1, -0.05) is 224 Å². The number of nitrogens with one attached hydrogen (secondary N) is 5. The number of sulfonamides is 5. The molecule has 6 aliphatic carbocycles. The molecule has 0 aromatic heterocycles. The van der Waals surface area contributed by atoms with E-state index in [1.165, 1.54) is 34.9 Å². The number of aliphatic hydroxyl groups is 1. The van der Waals surface area contributed by atoms with Crippen molar-refractivity contribution in [3.8, 4) is 0 Å². The van der Waals surface area contributed by atoms with Gasteiger partial charge in [0, 0.05) is 63.8 Å². The molecular weight excluding hydrogens is 1950 g/mol. The molecule has 6 aliphatic rings. The number of fused-ring (bicyclic) bond motifs is 6. The summed E-state index contributed by atoms with van der Waals surface area (Å²) in [6.07, 6.45) is 22.5. The molecule has 11 aromatic carbocycles. The number of aliphatic carboxylic acids is 1. The number of ether oxygens (including phenoxy) is 1. The summed E-state index contributed by atoms with van der Waals surface area (Å²) in [5.41, 5.74) is 27.8. The molecule has 17 rings (SSSR count). The fourth-order valence-electron chi connectivity index (χ4n) is 16.7. The van der Waals surface area contributed by atoms with Crippen LogP contribution in [0.3, 0.4) is 0 Å². The first-order chi connectivity index (χ1) is 64.7. The molecule has 0 heterocycles. The van der Waals surface area contributed by atoms with E-state index >= 15 is 0 Å². The Morgan fingerprint density at radius 1 is 0.338 bits per heavy atom. The number of carbonyl (C=O) groups is 4. The number of benzene rings is 11. The van der Waals surface area contributed by atoms with Crippen LogP contribution in [0.15, 0.2) is 288 Å². The number of ketones is 2. The fourth-order valence-corrected chi connectivity index (χ4v) is 23.8. The Labute approximate surface area is 815 Å². The summed E-state index contributed by atoms with van der Waals surface area (Å²) >= 11 is 6.90. The van der Waals surface area contributed by atoms with Crippen LogP contribution in [0.5, 0.6) is 0 Å². The smallest absolute Gasteiger partial charge is 0.330 e. The average molecular weight is 2060 g/mol. The van der Waals surface area contributed by atoms with Crippen LogP contribution in [0, 0.1) is 34.6 Å². The first-order valence-corrected chi connectivity index (χ1v) is 53.8. The predicted octanol–water partition coefficient (Wildman–Crippen LogP) is 19.2. The molecule has 6 unspecified atom stereocenters. The maximum Gasteiger partial charge on any atom is 0.330 e. The second-order valence-electron chi connectivity index (χ2n) is 34.2. The van der Waals surface area contributed by atoms with Crippen LogP contribution in [0.2, 0.25) is 0 Å². The van der Waals surface area contributed by atoms with Gasteiger partial charge in [-0.05, 0) is 317 Å². The molecule has 30 heteroatoms. The monoisotopic (exact) mass is 2060 g/mol. The number of hydrogen-bond acceptors (Lipinski definition) is 17. The van der Waals surface area contributed by atoms with Gasteiger partial charge in [-0.25, -0.2) is 75.3 Å². The number of nitrogens with two attached hydrogens (primary N) is 1. The normalized spacial score (nSPS) is 17.3. The van der Waals surface area contributed by atoms with Crippen molar-refractivity contribution in [2.24, 2.45) is 5.73 Å². The van der Waals surface area contributed by atoms with Crippen LogP contribution in [0.4, 0.5) is 0 Å². The van der Waals surface area contributed by atoms with Crippen molar-refractivity contribution in [2.75, 3.05) is 13.2 Å². The molecule has 23 nitrogen and oxygen atoms in total. The molecule has 0 radical (unpaired) electrons. The van der Waals surface area contributed by atoms with E-state index in [9.17, 15) is 61.3 Å². The lowest BCUT2D eigenvalue weighted by atomic mass is 10.0. The highest BCUT2D eigenvalue weighted by Crippen LogP contribution is 2.40. The predicted molar refractivity (Wildman–Crippen MR) is 540 cm³/mol. The summed E-state index contributed by atoms with van der Waals surface area (Å²) in [6.45, 7) is 13.0. The molecule has 0 fully saturated rings. The zero-order chi connectivity index (χ0) is 97.8. The van der Waals surface area contributed by atoms with Gasteiger partial charge in [0.2, 0.25) is 50.1 Å². The number of carboxylic acid groups (broad SMARTS) is 1. The quantitative estimate of drug-likeness (QED) is 0.0184. The van der Waals surface area contributed by atoms with Crippen LogP contribution < -0.4 is 29.3 Å². The van der Waals surface area contributed by atoms with E-state index in [1.54, 1.807) is 140 Å².